The molecule has 4 fully saturated rings. The highest BCUT2D eigenvalue weighted by Crippen LogP contribution is 2.29. The summed E-state index contributed by atoms with van der Waals surface area (Å²) in [5.74, 6) is 1.86. The second-order valence-electron chi connectivity index (χ2n) is 8.54. The van der Waals surface area contributed by atoms with Crippen molar-refractivity contribution in [2.75, 3.05) is 20.2 Å². The topological polar surface area (TPSA) is 73.5 Å². The van der Waals surface area contributed by atoms with Crippen LogP contribution in [0.5, 0.6) is 5.75 Å². The van der Waals surface area contributed by atoms with Crippen molar-refractivity contribution >= 4 is 5.91 Å². The Morgan fingerprint density at radius 3 is 2.79 bits per heavy atom. The number of hydrogen-bond acceptors (Lipinski definition) is 4. The Kier molecular flexibility index (Phi) is 4.55. The minimum absolute atomic E-state index is 0.200. The number of hydrogen-bond donors (Lipinski definition) is 2. The Morgan fingerprint density at radius 1 is 1.29 bits per heavy atom. The number of piperidine rings is 3. The maximum absolute atomic E-state index is 12.5. The van der Waals surface area contributed by atoms with Crippen LogP contribution in [0.3, 0.4) is 0 Å². The molecule has 2 aromatic rings. The van der Waals surface area contributed by atoms with Crippen LogP contribution in [0.15, 0.2) is 30.5 Å². The van der Waals surface area contributed by atoms with Gasteiger partial charge >= 0.3 is 0 Å². The van der Waals surface area contributed by atoms with Gasteiger partial charge in [0.1, 0.15) is 17.5 Å². The maximum atomic E-state index is 12.5. The summed E-state index contributed by atoms with van der Waals surface area (Å²) >= 11 is 0. The molecule has 2 bridgehead atoms. The summed E-state index contributed by atoms with van der Waals surface area (Å²) < 4.78 is 7.19. The molecule has 0 radical (unpaired) electrons. The number of nitrogens with one attached hydrogen (secondary N) is 2. The monoisotopic (exact) mass is 382 g/mol. The van der Waals surface area contributed by atoms with E-state index in [9.17, 15) is 4.79 Å². The standard InChI is InChI=1S/C21H27N5O2/c1-28-18-6-2-14(3-7-18)20-13-26(24-23-20)11-17-10-15-8-9-25(17)12-19(15)21(27)22-16-4-5-16/h2-3,6-7,13,15-17,19H,4-5,8-12H2,1H3,(H,22,27)/p+1/t15-,17-,19+/m1/s1. The van der Waals surface area contributed by atoms with E-state index in [0.717, 1.165) is 49.4 Å². The van der Waals surface area contributed by atoms with E-state index in [1.165, 1.54) is 13.0 Å². The van der Waals surface area contributed by atoms with Crippen molar-refractivity contribution in [2.45, 2.75) is 44.3 Å². The van der Waals surface area contributed by atoms with Crippen LogP contribution in [0.2, 0.25) is 0 Å². The highest BCUT2D eigenvalue weighted by atomic mass is 16.5. The van der Waals surface area contributed by atoms with Gasteiger partial charge in [0.25, 0.3) is 0 Å². The molecule has 0 spiro atoms. The van der Waals surface area contributed by atoms with Crippen LogP contribution < -0.4 is 15.0 Å². The van der Waals surface area contributed by atoms with E-state index in [1.54, 1.807) is 12.0 Å². The number of rotatable bonds is 6. The van der Waals surface area contributed by atoms with Crippen LogP contribution in [-0.4, -0.2) is 53.2 Å². The number of nitrogens with zero attached hydrogens (tertiary/aromatic N) is 3. The third-order valence-electron chi connectivity index (χ3n) is 6.64. The Labute approximate surface area is 165 Å². The second-order valence-corrected chi connectivity index (χ2v) is 8.54. The van der Waals surface area contributed by atoms with Crippen molar-refractivity contribution in [3.8, 4) is 17.0 Å². The highest BCUT2D eigenvalue weighted by molar-refractivity contribution is 5.79. The second kappa shape index (κ2) is 7.20. The molecule has 3 saturated heterocycles. The number of ether oxygens (including phenoxy) is 1. The Balaban J connectivity index is 1.22. The lowest BCUT2D eigenvalue weighted by molar-refractivity contribution is -0.945. The van der Waals surface area contributed by atoms with Crippen molar-refractivity contribution in [1.82, 2.24) is 20.3 Å². The smallest absolute Gasteiger partial charge is 0.229 e. The SMILES string of the molecule is COc1ccc(-c2cn(C[C@H]3C[C@H]4CC[NH+]3C[C@@H]4C(=O)NC3CC3)nn2)cc1. The van der Waals surface area contributed by atoms with Crippen LogP contribution in [0, 0.1) is 11.8 Å². The molecular formula is C21H28N5O2+. The predicted molar refractivity (Wildman–Crippen MR) is 104 cm³/mol. The van der Waals surface area contributed by atoms with Crippen LogP contribution in [0.25, 0.3) is 11.3 Å². The molecule has 6 rings (SSSR count). The van der Waals surface area contributed by atoms with Gasteiger partial charge in [-0.25, -0.2) is 4.68 Å². The number of fused-ring (bicyclic) bond motifs is 3. The van der Waals surface area contributed by atoms with E-state index in [1.807, 2.05) is 35.1 Å². The molecule has 2 N–H and O–H groups in total. The summed E-state index contributed by atoms with van der Waals surface area (Å²) in [4.78, 5) is 14.1. The van der Waals surface area contributed by atoms with Crippen LogP contribution in [0.1, 0.15) is 25.7 Å². The summed E-state index contributed by atoms with van der Waals surface area (Å²) in [5.41, 5.74) is 1.93. The Morgan fingerprint density at radius 2 is 2.11 bits per heavy atom. The first-order valence-corrected chi connectivity index (χ1v) is 10.4. The zero-order valence-corrected chi connectivity index (χ0v) is 16.3. The third kappa shape index (κ3) is 3.51. The Hall–Kier alpha value is -2.41. The maximum Gasteiger partial charge on any atom is 0.229 e. The normalized spacial score (nSPS) is 28.9. The van der Waals surface area contributed by atoms with Crippen LogP contribution >= 0.6 is 0 Å². The number of methoxy groups -OCH3 is 1. The molecule has 4 heterocycles. The number of aromatic nitrogens is 3. The van der Waals surface area contributed by atoms with Crippen LogP contribution in [0.4, 0.5) is 0 Å². The summed E-state index contributed by atoms with van der Waals surface area (Å²) in [6.45, 7) is 3.00. The first kappa shape index (κ1) is 17.7. The van der Waals surface area contributed by atoms with E-state index < -0.39 is 0 Å². The first-order chi connectivity index (χ1) is 13.7. The zero-order valence-electron chi connectivity index (χ0n) is 16.3. The summed E-state index contributed by atoms with van der Waals surface area (Å²) in [7, 11) is 1.67. The average Bonchev–Trinajstić information content (AvgIpc) is 3.43. The molecule has 1 aromatic heterocycles. The third-order valence-corrected chi connectivity index (χ3v) is 6.64. The van der Waals surface area contributed by atoms with Gasteiger partial charge in [0.15, 0.2) is 0 Å². The van der Waals surface area contributed by atoms with E-state index in [-0.39, 0.29) is 5.92 Å². The summed E-state index contributed by atoms with van der Waals surface area (Å²) in [5, 5.41) is 11.9. The predicted octanol–water partition coefficient (Wildman–Crippen LogP) is 0.526. The summed E-state index contributed by atoms with van der Waals surface area (Å²) in [6, 6.07) is 8.88. The first-order valence-electron chi connectivity index (χ1n) is 10.4. The quantitative estimate of drug-likeness (QED) is 0.764. The number of carbonyl (C=O) groups is 1. The molecular weight excluding hydrogens is 354 g/mol. The molecule has 7 nitrogen and oxygen atoms in total. The van der Waals surface area contributed by atoms with Gasteiger partial charge in [0, 0.05) is 24.4 Å². The van der Waals surface area contributed by atoms with Gasteiger partial charge in [-0.1, -0.05) is 5.21 Å². The fourth-order valence-electron chi connectivity index (χ4n) is 4.86. The lowest BCUT2D eigenvalue weighted by Gasteiger charge is -2.46. The minimum Gasteiger partial charge on any atom is -0.497 e. The van der Waals surface area contributed by atoms with Gasteiger partial charge in [-0.3, -0.25) is 4.79 Å². The number of amides is 1. The van der Waals surface area contributed by atoms with Gasteiger partial charge < -0.3 is 15.0 Å². The Bertz CT molecular complexity index is 845. The molecule has 1 amide bonds. The van der Waals surface area contributed by atoms with Crippen molar-refractivity contribution in [2.24, 2.45) is 11.8 Å². The molecule has 28 heavy (non-hydrogen) atoms. The van der Waals surface area contributed by atoms with Crippen molar-refractivity contribution in [3.05, 3.63) is 30.5 Å². The average molecular weight is 382 g/mol. The molecule has 148 valence electrons. The minimum atomic E-state index is 0.200. The van der Waals surface area contributed by atoms with Crippen molar-refractivity contribution < 1.29 is 14.4 Å². The fraction of sp³-hybridized carbons (Fsp3) is 0.571. The number of carbonyl (C=O) groups excluding carboxylic acids is 1. The van der Waals surface area contributed by atoms with Gasteiger partial charge in [0.05, 0.1) is 38.9 Å². The zero-order chi connectivity index (χ0) is 19.1. The molecule has 7 heteroatoms. The van der Waals surface area contributed by atoms with Crippen molar-refractivity contribution in [1.29, 1.82) is 0 Å². The highest BCUT2D eigenvalue weighted by Gasteiger charge is 2.47. The molecule has 1 aliphatic carbocycles. The van der Waals surface area contributed by atoms with Gasteiger partial charge in [-0.2, -0.15) is 0 Å². The van der Waals surface area contributed by atoms with E-state index >= 15 is 0 Å². The molecule has 1 saturated carbocycles. The van der Waals surface area contributed by atoms with Crippen LogP contribution in [-0.2, 0) is 11.3 Å². The van der Waals surface area contributed by atoms with E-state index in [0.29, 0.717) is 23.9 Å². The van der Waals surface area contributed by atoms with E-state index in [4.69, 9.17) is 4.74 Å². The van der Waals surface area contributed by atoms with Gasteiger partial charge in [0.2, 0.25) is 5.91 Å². The molecule has 1 aromatic carbocycles. The van der Waals surface area contributed by atoms with Crippen molar-refractivity contribution in [3.63, 3.8) is 0 Å². The molecule has 4 aliphatic rings. The largest absolute Gasteiger partial charge is 0.497 e. The summed E-state index contributed by atoms with van der Waals surface area (Å²) in [6.07, 6.45) is 6.62. The molecule has 1 unspecified atom stereocenters. The molecule has 4 atom stereocenters. The molecule has 3 aliphatic heterocycles. The number of quaternary nitrogens is 1. The van der Waals surface area contributed by atoms with Gasteiger partial charge in [-0.05, 0) is 43.0 Å². The lowest BCUT2D eigenvalue weighted by Crippen LogP contribution is -3.20. The van der Waals surface area contributed by atoms with Gasteiger partial charge in [-0.15, -0.1) is 5.10 Å². The lowest BCUT2D eigenvalue weighted by atomic mass is 9.75. The number of benzene rings is 1. The fourth-order valence-corrected chi connectivity index (χ4v) is 4.86. The van der Waals surface area contributed by atoms with E-state index in [2.05, 4.69) is 15.6 Å².